The highest BCUT2D eigenvalue weighted by Crippen LogP contribution is 2.35. The number of hydrogen-bond donors (Lipinski definition) is 2. The van der Waals surface area contributed by atoms with Gasteiger partial charge in [-0.05, 0) is 87.9 Å². The summed E-state index contributed by atoms with van der Waals surface area (Å²) in [6.07, 6.45) is 1.71. The normalized spacial score (nSPS) is 15.4. The molecule has 1 heterocycles. The zero-order valence-corrected chi connectivity index (χ0v) is 21.6. The maximum Gasteiger partial charge on any atom is 0.264 e. The first-order valence-corrected chi connectivity index (χ1v) is 12.4. The quantitative estimate of drug-likeness (QED) is 0.307. The number of halogens is 4. The highest BCUT2D eigenvalue weighted by atomic mass is 79.9. The van der Waals surface area contributed by atoms with E-state index in [2.05, 4.69) is 31.6 Å². The van der Waals surface area contributed by atoms with Crippen molar-refractivity contribution >= 4 is 85.3 Å². The van der Waals surface area contributed by atoms with Crippen LogP contribution in [0, 0.1) is 5.82 Å². The van der Waals surface area contributed by atoms with Crippen molar-refractivity contribution < 1.29 is 18.7 Å². The lowest BCUT2D eigenvalue weighted by Gasteiger charge is -2.09. The molecule has 178 valence electrons. The van der Waals surface area contributed by atoms with Crippen molar-refractivity contribution in [1.82, 2.24) is 5.32 Å². The van der Waals surface area contributed by atoms with Crippen LogP contribution in [0.5, 0.6) is 5.75 Å². The number of anilines is 1. The number of carbonyl (C=O) groups is 2. The molecule has 0 atom stereocenters. The van der Waals surface area contributed by atoms with E-state index in [9.17, 15) is 14.0 Å². The molecule has 2 N–H and O–H groups in total. The number of benzene rings is 3. The minimum absolute atomic E-state index is 0.236. The predicted octanol–water partition coefficient (Wildman–Crippen LogP) is 6.80. The summed E-state index contributed by atoms with van der Waals surface area (Å²) in [6, 6.07) is 15.7. The number of carbonyl (C=O) groups excluding carboxylic acids is 2. The van der Waals surface area contributed by atoms with Crippen LogP contribution in [0.2, 0.25) is 10.0 Å². The van der Waals surface area contributed by atoms with E-state index < -0.39 is 0 Å². The van der Waals surface area contributed by atoms with Gasteiger partial charge >= 0.3 is 0 Å². The molecule has 4 rings (SSSR count). The molecule has 35 heavy (non-hydrogen) atoms. The number of amidine groups is 1. The fourth-order valence-electron chi connectivity index (χ4n) is 2.92. The minimum atomic E-state index is -0.389. The summed E-state index contributed by atoms with van der Waals surface area (Å²) >= 11 is 16.8. The summed E-state index contributed by atoms with van der Waals surface area (Å²) in [5, 5.41) is 6.39. The second-order valence-electron chi connectivity index (χ2n) is 7.09. The number of amides is 2. The number of rotatable bonds is 6. The molecule has 0 unspecified atom stereocenters. The van der Waals surface area contributed by atoms with Gasteiger partial charge in [0.1, 0.15) is 11.6 Å². The van der Waals surface area contributed by atoms with Crippen molar-refractivity contribution in [3.63, 3.8) is 0 Å². The van der Waals surface area contributed by atoms with Crippen molar-refractivity contribution in [3.8, 4) is 5.75 Å². The average Bonchev–Trinajstić information content (AvgIpc) is 3.16. The first kappa shape index (κ1) is 25.2. The van der Waals surface area contributed by atoms with Gasteiger partial charge in [-0.15, -0.1) is 0 Å². The summed E-state index contributed by atoms with van der Waals surface area (Å²) in [6.45, 7) is -0.236. The van der Waals surface area contributed by atoms with Crippen LogP contribution in [0.15, 0.2) is 75.0 Å². The first-order valence-electron chi connectivity index (χ1n) is 10.00. The van der Waals surface area contributed by atoms with Crippen LogP contribution in [0.1, 0.15) is 5.56 Å². The van der Waals surface area contributed by atoms with Crippen molar-refractivity contribution in [1.29, 1.82) is 0 Å². The van der Waals surface area contributed by atoms with Crippen LogP contribution in [0.25, 0.3) is 6.08 Å². The summed E-state index contributed by atoms with van der Waals surface area (Å²) in [5.74, 6) is -0.621. The summed E-state index contributed by atoms with van der Waals surface area (Å²) in [7, 11) is 0. The van der Waals surface area contributed by atoms with Gasteiger partial charge in [-0.25, -0.2) is 9.38 Å². The Labute approximate surface area is 222 Å². The number of nitrogens with zero attached hydrogens (tertiary/aromatic N) is 1. The fraction of sp³-hybridized carbons (Fsp3) is 0.0417. The zero-order valence-electron chi connectivity index (χ0n) is 17.7. The van der Waals surface area contributed by atoms with Gasteiger partial charge in [-0.3, -0.25) is 9.59 Å². The average molecular weight is 595 g/mol. The van der Waals surface area contributed by atoms with E-state index in [1.54, 1.807) is 42.5 Å². The third kappa shape index (κ3) is 6.64. The molecule has 1 aliphatic heterocycles. The maximum atomic E-state index is 13.0. The van der Waals surface area contributed by atoms with Crippen LogP contribution in [0.3, 0.4) is 0 Å². The smallest absolute Gasteiger partial charge is 0.264 e. The third-order valence-electron chi connectivity index (χ3n) is 4.54. The van der Waals surface area contributed by atoms with E-state index in [4.69, 9.17) is 27.9 Å². The van der Waals surface area contributed by atoms with Gasteiger partial charge < -0.3 is 15.4 Å². The maximum absolute atomic E-state index is 13.0. The Hall–Kier alpha value is -2.85. The van der Waals surface area contributed by atoms with Gasteiger partial charge in [-0.1, -0.05) is 35.3 Å². The summed E-state index contributed by atoms with van der Waals surface area (Å²) < 4.78 is 19.1. The van der Waals surface area contributed by atoms with E-state index in [1.807, 2.05) is 0 Å². The molecule has 3 aromatic rings. The Kier molecular flexibility index (Phi) is 8.12. The van der Waals surface area contributed by atoms with E-state index in [1.165, 1.54) is 36.0 Å². The molecule has 1 fully saturated rings. The van der Waals surface area contributed by atoms with Crippen LogP contribution in [0.4, 0.5) is 15.8 Å². The zero-order chi connectivity index (χ0) is 24.9. The Morgan fingerprint density at radius 3 is 2.69 bits per heavy atom. The van der Waals surface area contributed by atoms with Crippen LogP contribution >= 0.6 is 50.9 Å². The molecule has 3 aromatic carbocycles. The molecule has 0 aromatic heterocycles. The highest BCUT2D eigenvalue weighted by molar-refractivity contribution is 9.10. The van der Waals surface area contributed by atoms with Crippen LogP contribution < -0.4 is 15.4 Å². The van der Waals surface area contributed by atoms with E-state index in [0.29, 0.717) is 41.7 Å². The molecule has 6 nitrogen and oxygen atoms in total. The first-order chi connectivity index (χ1) is 16.8. The second-order valence-corrected chi connectivity index (χ2v) is 9.76. The van der Waals surface area contributed by atoms with E-state index >= 15 is 0 Å². The fourth-order valence-corrected chi connectivity index (χ4v) is 4.60. The highest BCUT2D eigenvalue weighted by Gasteiger charge is 2.24. The predicted molar refractivity (Wildman–Crippen MR) is 142 cm³/mol. The molecule has 11 heteroatoms. The molecule has 0 spiro atoms. The van der Waals surface area contributed by atoms with Gasteiger partial charge in [0, 0.05) is 5.69 Å². The Morgan fingerprint density at radius 2 is 1.94 bits per heavy atom. The number of ether oxygens (including phenoxy) is 1. The lowest BCUT2D eigenvalue weighted by Crippen LogP contribution is -2.20. The van der Waals surface area contributed by atoms with Crippen molar-refractivity contribution in [3.05, 3.63) is 91.5 Å². The Balaban J connectivity index is 1.39. The van der Waals surface area contributed by atoms with Gasteiger partial charge in [0.05, 0.1) is 25.1 Å². The molecule has 0 bridgehead atoms. The van der Waals surface area contributed by atoms with E-state index in [0.717, 1.165) is 5.56 Å². The standard InChI is InChI=1S/C24H15BrCl2FN3O3S/c25-16-10-13(4-9-19(16)34-12-21(32)29-15-7-5-14(28)6-8-15)11-20-23(33)31-24(35-20)30-18-3-1-2-17(26)22(18)27/h1-11H,12H2,(H,29,32)(H,30,31,33)/b20-11+. The summed E-state index contributed by atoms with van der Waals surface area (Å²) in [5.41, 5.74) is 1.66. The molecule has 0 radical (unpaired) electrons. The van der Waals surface area contributed by atoms with Gasteiger partial charge in [0.2, 0.25) is 0 Å². The SMILES string of the molecule is O=C(COc1ccc(/C=C2/SC(=Nc3cccc(Cl)c3Cl)NC2=O)cc1Br)Nc1ccc(F)cc1. The molecular formula is C24H15BrCl2FN3O3S. The number of hydrogen-bond acceptors (Lipinski definition) is 5. The number of nitrogens with one attached hydrogen (secondary N) is 2. The minimum Gasteiger partial charge on any atom is -0.483 e. The van der Waals surface area contributed by atoms with Gasteiger partial charge in [0.25, 0.3) is 11.8 Å². The molecule has 0 saturated carbocycles. The number of thioether (sulfide) groups is 1. The van der Waals surface area contributed by atoms with Crippen molar-refractivity contribution in [2.24, 2.45) is 4.99 Å². The van der Waals surface area contributed by atoms with E-state index in [-0.39, 0.29) is 24.2 Å². The molecular weight excluding hydrogens is 580 g/mol. The topological polar surface area (TPSA) is 79.8 Å². The Morgan fingerprint density at radius 1 is 1.17 bits per heavy atom. The summed E-state index contributed by atoms with van der Waals surface area (Å²) in [4.78, 5) is 29.3. The van der Waals surface area contributed by atoms with Gasteiger partial charge in [0.15, 0.2) is 11.8 Å². The van der Waals surface area contributed by atoms with Crippen molar-refractivity contribution in [2.45, 2.75) is 0 Å². The van der Waals surface area contributed by atoms with Crippen molar-refractivity contribution in [2.75, 3.05) is 11.9 Å². The number of aliphatic imine (C=N–C) groups is 1. The molecule has 1 aliphatic rings. The molecule has 2 amide bonds. The lowest BCUT2D eigenvalue weighted by molar-refractivity contribution is -0.118. The van der Waals surface area contributed by atoms with Gasteiger partial charge in [-0.2, -0.15) is 0 Å². The third-order valence-corrected chi connectivity index (χ3v) is 6.88. The Bertz CT molecular complexity index is 1370. The lowest BCUT2D eigenvalue weighted by atomic mass is 10.2. The van der Waals surface area contributed by atoms with Crippen LogP contribution in [-0.2, 0) is 9.59 Å². The second kappa shape index (κ2) is 11.3. The monoisotopic (exact) mass is 593 g/mol. The van der Waals surface area contributed by atoms with Crippen LogP contribution in [-0.4, -0.2) is 23.6 Å². The molecule has 0 aliphatic carbocycles. The molecule has 1 saturated heterocycles. The largest absolute Gasteiger partial charge is 0.483 e.